The summed E-state index contributed by atoms with van der Waals surface area (Å²) in [5.41, 5.74) is 20.4. The fourth-order valence-electron chi connectivity index (χ4n) is 10.6. The molecular weight excluding hydrogens is 665 g/mol. The van der Waals surface area contributed by atoms with Gasteiger partial charge in [0.25, 0.3) is 0 Å². The summed E-state index contributed by atoms with van der Waals surface area (Å²) in [6.45, 7) is 0. The van der Waals surface area contributed by atoms with Crippen LogP contribution in [0.15, 0.2) is 194 Å². The fraction of sp³-hybridized carbons (Fsp3) is 0.0189. The van der Waals surface area contributed by atoms with Crippen molar-refractivity contribution in [2.45, 2.75) is 5.41 Å². The van der Waals surface area contributed by atoms with Gasteiger partial charge in [-0.05, 0) is 127 Å². The van der Waals surface area contributed by atoms with E-state index in [4.69, 9.17) is 0 Å². The van der Waals surface area contributed by atoms with Gasteiger partial charge in [0.15, 0.2) is 0 Å². The molecular formula is C53H32N2. The summed E-state index contributed by atoms with van der Waals surface area (Å²) in [7, 11) is 0. The number of fused-ring (bicyclic) bond motifs is 9. The Morgan fingerprint density at radius 1 is 0.345 bits per heavy atom. The van der Waals surface area contributed by atoms with Crippen molar-refractivity contribution in [1.82, 2.24) is 4.57 Å². The maximum Gasteiger partial charge on any atom is 0.0738 e. The van der Waals surface area contributed by atoms with Gasteiger partial charge in [0.2, 0.25) is 0 Å². The Morgan fingerprint density at radius 2 is 0.909 bits per heavy atom. The smallest absolute Gasteiger partial charge is 0.0738 e. The van der Waals surface area contributed by atoms with Crippen molar-refractivity contribution in [3.05, 3.63) is 216 Å². The van der Waals surface area contributed by atoms with Gasteiger partial charge < -0.3 is 9.47 Å². The van der Waals surface area contributed by atoms with Crippen molar-refractivity contribution < 1.29 is 0 Å². The summed E-state index contributed by atoms with van der Waals surface area (Å²) in [6, 6.07) is 72.3. The Morgan fingerprint density at radius 3 is 1.73 bits per heavy atom. The van der Waals surface area contributed by atoms with Crippen LogP contribution in [-0.2, 0) is 5.41 Å². The van der Waals surface area contributed by atoms with E-state index in [9.17, 15) is 0 Å². The van der Waals surface area contributed by atoms with Crippen LogP contribution in [0, 0.1) is 0 Å². The second-order valence-electron chi connectivity index (χ2n) is 15.2. The Kier molecular flexibility index (Phi) is 5.59. The highest BCUT2D eigenvalue weighted by Gasteiger charge is 2.57. The molecule has 1 heterocycles. The van der Waals surface area contributed by atoms with Gasteiger partial charge in [-0.1, -0.05) is 133 Å². The Bertz CT molecular complexity index is 3240. The Hall–Kier alpha value is -7.16. The predicted molar refractivity (Wildman–Crippen MR) is 228 cm³/mol. The van der Waals surface area contributed by atoms with Gasteiger partial charge in [0, 0.05) is 33.5 Å². The zero-order valence-electron chi connectivity index (χ0n) is 29.9. The highest BCUT2D eigenvalue weighted by Crippen LogP contribution is 2.70. The van der Waals surface area contributed by atoms with E-state index >= 15 is 0 Å². The van der Waals surface area contributed by atoms with Gasteiger partial charge in [0.1, 0.15) is 0 Å². The lowest BCUT2D eigenvalue weighted by atomic mass is 9.73. The number of hydrogen-bond donors (Lipinski definition) is 0. The molecule has 3 aliphatic carbocycles. The van der Waals surface area contributed by atoms with E-state index in [2.05, 4.69) is 204 Å². The van der Waals surface area contributed by atoms with Gasteiger partial charge in [-0.15, -0.1) is 0 Å². The lowest BCUT2D eigenvalue weighted by molar-refractivity contribution is 0.818. The summed E-state index contributed by atoms with van der Waals surface area (Å²) in [4.78, 5) is 2.48. The Balaban J connectivity index is 1.09. The van der Waals surface area contributed by atoms with Crippen LogP contribution in [0.2, 0.25) is 0 Å². The molecule has 0 saturated heterocycles. The molecule has 0 saturated carbocycles. The lowest BCUT2D eigenvalue weighted by Gasteiger charge is -2.30. The van der Waals surface area contributed by atoms with E-state index in [1.807, 2.05) is 0 Å². The molecule has 1 spiro atoms. The second kappa shape index (κ2) is 10.5. The summed E-state index contributed by atoms with van der Waals surface area (Å²) in [5.74, 6) is 0. The summed E-state index contributed by atoms with van der Waals surface area (Å²) < 4.78 is 2.39. The predicted octanol–water partition coefficient (Wildman–Crippen LogP) is 13.7. The van der Waals surface area contributed by atoms with Gasteiger partial charge in [-0.3, -0.25) is 0 Å². The molecule has 0 fully saturated rings. The quantitative estimate of drug-likeness (QED) is 0.178. The number of para-hydroxylation sites is 2. The fourth-order valence-corrected chi connectivity index (χ4v) is 10.6. The number of anilines is 3. The van der Waals surface area contributed by atoms with Gasteiger partial charge in [-0.25, -0.2) is 0 Å². The summed E-state index contributed by atoms with van der Waals surface area (Å²) in [5, 5.41) is 4.94. The molecule has 0 radical (unpaired) electrons. The zero-order chi connectivity index (χ0) is 35.8. The maximum atomic E-state index is 2.51. The lowest BCUT2D eigenvalue weighted by Crippen LogP contribution is -2.23. The van der Waals surface area contributed by atoms with Crippen molar-refractivity contribution in [2.75, 3.05) is 4.90 Å². The molecule has 0 amide bonds. The molecule has 0 aliphatic heterocycles. The minimum absolute atomic E-state index is 0.345. The molecule has 55 heavy (non-hydrogen) atoms. The third-order valence-corrected chi connectivity index (χ3v) is 12.7. The van der Waals surface area contributed by atoms with Gasteiger partial charge in [-0.2, -0.15) is 0 Å². The standard InChI is InChI=1S/C53H32N2/c1-2-14-35(15-3-1)55-49-23-9-7-17-41(49)46-31-37(27-29-50(46)55)54(36-25-24-33-12-4-5-13-34(33)30-36)38-26-28-40-43-19-11-21-45-44-20-10-18-42-39-16-6-8-22-47(39)53(51(42)44,52(43)45)48(40)32-38/h1-32H. The van der Waals surface area contributed by atoms with Crippen LogP contribution in [0.3, 0.4) is 0 Å². The van der Waals surface area contributed by atoms with Gasteiger partial charge in [0.05, 0.1) is 16.4 Å². The molecule has 3 aliphatic rings. The summed E-state index contributed by atoms with van der Waals surface area (Å²) >= 11 is 0. The Labute approximate surface area is 318 Å². The summed E-state index contributed by atoms with van der Waals surface area (Å²) in [6.07, 6.45) is 0. The SMILES string of the molecule is c1ccc(-n2c3ccccc3c3cc(N(c4ccc5c(c4)C46c7ccccc7-c7cccc(c74)-c4cccc-5c46)c4ccc5ccccc5c4)ccc32)cc1. The largest absolute Gasteiger partial charge is 0.310 e. The van der Waals surface area contributed by atoms with E-state index in [0.717, 1.165) is 22.7 Å². The minimum Gasteiger partial charge on any atom is -0.310 e. The van der Waals surface area contributed by atoms with Crippen LogP contribution in [0.4, 0.5) is 17.1 Å². The van der Waals surface area contributed by atoms with Crippen molar-refractivity contribution in [3.8, 4) is 39.1 Å². The van der Waals surface area contributed by atoms with Crippen LogP contribution >= 0.6 is 0 Å². The average molecular weight is 697 g/mol. The highest BCUT2D eigenvalue weighted by atomic mass is 15.1. The molecule has 2 nitrogen and oxygen atoms in total. The monoisotopic (exact) mass is 696 g/mol. The topological polar surface area (TPSA) is 8.17 Å². The first kappa shape index (κ1) is 29.3. The number of rotatable bonds is 4. The van der Waals surface area contributed by atoms with Crippen molar-refractivity contribution in [2.24, 2.45) is 0 Å². The van der Waals surface area contributed by atoms with Crippen LogP contribution in [-0.4, -0.2) is 4.57 Å². The molecule has 13 rings (SSSR count). The van der Waals surface area contributed by atoms with Crippen molar-refractivity contribution in [3.63, 3.8) is 0 Å². The molecule has 9 aromatic carbocycles. The van der Waals surface area contributed by atoms with Crippen LogP contribution in [0.25, 0.3) is 71.6 Å². The first-order valence-electron chi connectivity index (χ1n) is 19.2. The first-order chi connectivity index (χ1) is 27.3. The van der Waals surface area contributed by atoms with Crippen molar-refractivity contribution in [1.29, 1.82) is 0 Å². The molecule has 1 unspecified atom stereocenters. The number of benzene rings is 9. The van der Waals surface area contributed by atoms with Crippen LogP contribution < -0.4 is 4.90 Å². The third-order valence-electron chi connectivity index (χ3n) is 12.7. The van der Waals surface area contributed by atoms with Crippen LogP contribution in [0.5, 0.6) is 0 Å². The second-order valence-corrected chi connectivity index (χ2v) is 15.2. The molecule has 254 valence electrons. The van der Waals surface area contributed by atoms with E-state index in [0.29, 0.717) is 0 Å². The molecule has 1 atom stereocenters. The molecule has 0 bridgehead atoms. The van der Waals surface area contributed by atoms with Crippen molar-refractivity contribution >= 4 is 49.6 Å². The van der Waals surface area contributed by atoms with E-state index < -0.39 is 0 Å². The molecule has 1 aromatic heterocycles. The number of nitrogens with zero attached hydrogens (tertiary/aromatic N) is 2. The van der Waals surface area contributed by atoms with Crippen LogP contribution in [0.1, 0.15) is 22.3 Å². The maximum absolute atomic E-state index is 2.51. The van der Waals surface area contributed by atoms with E-state index in [1.165, 1.54) is 88.2 Å². The first-order valence-corrected chi connectivity index (χ1v) is 19.2. The minimum atomic E-state index is -0.345. The molecule has 10 aromatic rings. The normalized spacial score (nSPS) is 15.3. The molecule has 2 heteroatoms. The zero-order valence-corrected chi connectivity index (χ0v) is 29.9. The number of aromatic nitrogens is 1. The van der Waals surface area contributed by atoms with E-state index in [-0.39, 0.29) is 5.41 Å². The van der Waals surface area contributed by atoms with E-state index in [1.54, 1.807) is 0 Å². The highest BCUT2D eigenvalue weighted by molar-refractivity contribution is 6.11. The van der Waals surface area contributed by atoms with Gasteiger partial charge >= 0.3 is 0 Å². The third kappa shape index (κ3) is 3.64. The molecule has 0 N–H and O–H groups in total. The average Bonchev–Trinajstić information content (AvgIpc) is 3.94. The number of hydrogen-bond acceptors (Lipinski definition) is 1.